The van der Waals surface area contributed by atoms with Crippen molar-refractivity contribution in [2.45, 2.75) is 13.3 Å². The number of nitrogens with zero attached hydrogens (tertiary/aromatic N) is 4. The normalized spacial score (nSPS) is 14.4. The van der Waals surface area contributed by atoms with Gasteiger partial charge in [0.2, 0.25) is 11.9 Å². The van der Waals surface area contributed by atoms with Gasteiger partial charge >= 0.3 is 0 Å². The lowest BCUT2D eigenvalue weighted by Gasteiger charge is -2.34. The van der Waals surface area contributed by atoms with E-state index < -0.39 is 0 Å². The number of carbonyl (C=O) groups excluding carboxylic acids is 1. The van der Waals surface area contributed by atoms with Gasteiger partial charge in [0.15, 0.2) is 11.5 Å². The highest BCUT2D eigenvalue weighted by atomic mass is 16.5. The predicted octanol–water partition coefficient (Wildman–Crippen LogP) is 2.64. The maximum atomic E-state index is 12.5. The number of methoxy groups -OCH3 is 1. The van der Waals surface area contributed by atoms with Crippen molar-refractivity contribution < 1.29 is 14.3 Å². The maximum absolute atomic E-state index is 12.5. The molecule has 7 heteroatoms. The van der Waals surface area contributed by atoms with Crippen LogP contribution >= 0.6 is 0 Å². The molecule has 1 aliphatic rings. The minimum Gasteiger partial charge on any atom is -0.493 e. The monoisotopic (exact) mass is 382 g/mol. The molecule has 148 valence electrons. The average molecular weight is 382 g/mol. The summed E-state index contributed by atoms with van der Waals surface area (Å²) in [5.41, 5.74) is 0.894. The number of amides is 1. The van der Waals surface area contributed by atoms with Crippen LogP contribution in [0.2, 0.25) is 0 Å². The van der Waals surface area contributed by atoms with Gasteiger partial charge in [-0.25, -0.2) is 9.97 Å². The molecular formula is C21H26N4O3. The Morgan fingerprint density at radius 3 is 2.57 bits per heavy atom. The van der Waals surface area contributed by atoms with Crippen molar-refractivity contribution in [1.29, 1.82) is 0 Å². The third-order valence-electron chi connectivity index (χ3n) is 4.49. The van der Waals surface area contributed by atoms with Crippen molar-refractivity contribution in [2.75, 3.05) is 44.8 Å². The van der Waals surface area contributed by atoms with Crippen molar-refractivity contribution in [2.24, 2.45) is 0 Å². The van der Waals surface area contributed by atoms with E-state index in [1.165, 1.54) is 0 Å². The lowest BCUT2D eigenvalue weighted by molar-refractivity contribution is -0.126. The summed E-state index contributed by atoms with van der Waals surface area (Å²) in [7, 11) is 1.61. The van der Waals surface area contributed by atoms with E-state index in [9.17, 15) is 4.79 Å². The fraction of sp³-hybridized carbons (Fsp3) is 0.381. The quantitative estimate of drug-likeness (QED) is 0.686. The molecule has 0 aliphatic carbocycles. The molecular weight excluding hydrogens is 356 g/mol. The molecule has 1 aromatic heterocycles. The van der Waals surface area contributed by atoms with Crippen LogP contribution < -0.4 is 14.4 Å². The second kappa shape index (κ2) is 9.73. The Morgan fingerprint density at radius 2 is 1.89 bits per heavy atom. The lowest BCUT2D eigenvalue weighted by Crippen LogP contribution is -2.48. The first-order valence-corrected chi connectivity index (χ1v) is 9.51. The van der Waals surface area contributed by atoms with Crippen LogP contribution in [0.1, 0.15) is 18.9 Å². The molecule has 0 bridgehead atoms. The minimum atomic E-state index is -0.00101. The Morgan fingerprint density at radius 1 is 1.14 bits per heavy atom. The Labute approximate surface area is 165 Å². The van der Waals surface area contributed by atoms with Crippen LogP contribution in [0, 0.1) is 0 Å². The number of hydrogen-bond acceptors (Lipinski definition) is 6. The highest BCUT2D eigenvalue weighted by Crippen LogP contribution is 2.28. The van der Waals surface area contributed by atoms with E-state index in [1.54, 1.807) is 37.7 Å². The van der Waals surface area contributed by atoms with E-state index in [4.69, 9.17) is 9.47 Å². The van der Waals surface area contributed by atoms with Crippen molar-refractivity contribution in [3.63, 3.8) is 0 Å². The summed E-state index contributed by atoms with van der Waals surface area (Å²) < 4.78 is 11.0. The van der Waals surface area contributed by atoms with Crippen LogP contribution in [0.4, 0.5) is 5.95 Å². The van der Waals surface area contributed by atoms with E-state index in [-0.39, 0.29) is 5.91 Å². The maximum Gasteiger partial charge on any atom is 0.246 e. The van der Waals surface area contributed by atoms with Crippen LogP contribution in [0.3, 0.4) is 0 Å². The Balaban J connectivity index is 1.57. The summed E-state index contributed by atoms with van der Waals surface area (Å²) in [4.78, 5) is 25.0. The van der Waals surface area contributed by atoms with Gasteiger partial charge in [0, 0.05) is 44.6 Å². The first-order valence-electron chi connectivity index (χ1n) is 9.51. The number of aromatic nitrogens is 2. The molecule has 1 aromatic carbocycles. The number of rotatable bonds is 7. The fourth-order valence-electron chi connectivity index (χ4n) is 2.97. The van der Waals surface area contributed by atoms with Gasteiger partial charge in [-0.05, 0) is 36.3 Å². The summed E-state index contributed by atoms with van der Waals surface area (Å²) in [6, 6.07) is 7.46. The minimum absolute atomic E-state index is 0.00101. The zero-order chi connectivity index (χ0) is 19.8. The second-order valence-corrected chi connectivity index (χ2v) is 6.45. The van der Waals surface area contributed by atoms with E-state index in [1.807, 2.05) is 23.1 Å². The molecule has 0 N–H and O–H groups in total. The molecule has 1 aliphatic heterocycles. The van der Waals surface area contributed by atoms with Crippen LogP contribution in [-0.4, -0.2) is 60.7 Å². The van der Waals surface area contributed by atoms with Crippen LogP contribution in [-0.2, 0) is 4.79 Å². The molecule has 1 saturated heterocycles. The molecule has 0 radical (unpaired) electrons. The number of anilines is 1. The van der Waals surface area contributed by atoms with Crippen molar-refractivity contribution in [3.8, 4) is 11.5 Å². The number of carbonyl (C=O) groups is 1. The molecule has 1 amide bonds. The predicted molar refractivity (Wildman–Crippen MR) is 109 cm³/mol. The molecule has 0 atom stereocenters. The zero-order valence-electron chi connectivity index (χ0n) is 16.4. The number of ether oxygens (including phenoxy) is 2. The molecule has 0 unspecified atom stereocenters. The van der Waals surface area contributed by atoms with Crippen LogP contribution in [0.5, 0.6) is 11.5 Å². The first-order chi connectivity index (χ1) is 13.7. The lowest BCUT2D eigenvalue weighted by atomic mass is 10.2. The van der Waals surface area contributed by atoms with E-state index in [0.29, 0.717) is 37.1 Å². The summed E-state index contributed by atoms with van der Waals surface area (Å²) in [5.74, 6) is 2.09. The van der Waals surface area contributed by atoms with Gasteiger partial charge in [-0.1, -0.05) is 13.0 Å². The van der Waals surface area contributed by atoms with Crippen molar-refractivity contribution in [1.82, 2.24) is 14.9 Å². The highest BCUT2D eigenvalue weighted by molar-refractivity contribution is 5.92. The fourth-order valence-corrected chi connectivity index (χ4v) is 2.97. The smallest absolute Gasteiger partial charge is 0.246 e. The summed E-state index contributed by atoms with van der Waals surface area (Å²) in [6.45, 7) is 5.44. The van der Waals surface area contributed by atoms with Gasteiger partial charge in [-0.15, -0.1) is 0 Å². The zero-order valence-corrected chi connectivity index (χ0v) is 16.4. The molecule has 2 heterocycles. The Hall–Kier alpha value is -3.09. The van der Waals surface area contributed by atoms with Crippen molar-refractivity contribution in [3.05, 3.63) is 48.3 Å². The standard InChI is InChI=1S/C21H26N4O3/c1-3-15-28-18-7-5-17(16-19(18)27-2)6-8-20(26)24-11-13-25(14-12-24)21-22-9-4-10-23-21/h4-10,16H,3,11-15H2,1-2H3/b8-6+. The first kappa shape index (κ1) is 19.7. The van der Waals surface area contributed by atoms with Gasteiger partial charge in [0.25, 0.3) is 0 Å². The Kier molecular flexibility index (Phi) is 6.84. The van der Waals surface area contributed by atoms with Gasteiger partial charge in [-0.2, -0.15) is 0 Å². The summed E-state index contributed by atoms with van der Waals surface area (Å²) in [5, 5.41) is 0. The van der Waals surface area contributed by atoms with Crippen LogP contribution in [0.15, 0.2) is 42.7 Å². The van der Waals surface area contributed by atoms with Crippen LogP contribution in [0.25, 0.3) is 6.08 Å². The SMILES string of the molecule is CCCOc1ccc(/C=C/C(=O)N2CCN(c3ncccn3)CC2)cc1OC. The molecule has 2 aromatic rings. The number of hydrogen-bond donors (Lipinski definition) is 0. The summed E-state index contributed by atoms with van der Waals surface area (Å²) in [6.07, 6.45) is 7.81. The van der Waals surface area contributed by atoms with Gasteiger partial charge in [0.05, 0.1) is 13.7 Å². The largest absolute Gasteiger partial charge is 0.493 e. The topological polar surface area (TPSA) is 67.8 Å². The third kappa shape index (κ3) is 5.00. The molecule has 0 spiro atoms. The van der Waals surface area contributed by atoms with E-state index >= 15 is 0 Å². The highest BCUT2D eigenvalue weighted by Gasteiger charge is 2.21. The number of benzene rings is 1. The van der Waals surface area contributed by atoms with E-state index in [2.05, 4.69) is 21.8 Å². The molecule has 0 saturated carbocycles. The van der Waals surface area contributed by atoms with Crippen molar-refractivity contribution >= 4 is 17.9 Å². The second-order valence-electron chi connectivity index (χ2n) is 6.45. The van der Waals surface area contributed by atoms with Gasteiger partial charge in [0.1, 0.15) is 0 Å². The Bertz CT molecular complexity index is 803. The molecule has 1 fully saturated rings. The van der Waals surface area contributed by atoms with Gasteiger partial charge < -0.3 is 19.3 Å². The molecule has 28 heavy (non-hydrogen) atoms. The van der Waals surface area contributed by atoms with Gasteiger partial charge in [-0.3, -0.25) is 4.79 Å². The third-order valence-corrected chi connectivity index (χ3v) is 4.49. The molecule has 3 rings (SSSR count). The number of piperazine rings is 1. The molecule has 7 nitrogen and oxygen atoms in total. The van der Waals surface area contributed by atoms with E-state index in [0.717, 1.165) is 25.1 Å². The summed E-state index contributed by atoms with van der Waals surface area (Å²) >= 11 is 0. The average Bonchev–Trinajstić information content (AvgIpc) is 2.77.